The second-order valence-electron chi connectivity index (χ2n) is 3.78. The van der Waals surface area contributed by atoms with Gasteiger partial charge in [0.2, 0.25) is 0 Å². The number of rotatable bonds is 3. The average molecular weight is 153 g/mol. The topological polar surface area (TPSA) is 12.0 Å². The molecule has 0 aromatic carbocycles. The molecule has 0 saturated heterocycles. The van der Waals surface area contributed by atoms with Gasteiger partial charge in [0, 0.05) is 0 Å². The average Bonchev–Trinajstić information content (AvgIpc) is 2.37. The second kappa shape index (κ2) is 3.91. The Morgan fingerprint density at radius 2 is 2.27 bits per heavy atom. The molecule has 0 amide bonds. The van der Waals surface area contributed by atoms with Crippen molar-refractivity contribution in [2.24, 2.45) is 11.8 Å². The van der Waals surface area contributed by atoms with Crippen LogP contribution in [0.2, 0.25) is 0 Å². The lowest BCUT2D eigenvalue weighted by Crippen LogP contribution is -2.16. The molecule has 0 aromatic heterocycles. The fourth-order valence-electron chi connectivity index (χ4n) is 2.00. The highest BCUT2D eigenvalue weighted by Gasteiger charge is 2.23. The van der Waals surface area contributed by atoms with E-state index in [9.17, 15) is 0 Å². The summed E-state index contributed by atoms with van der Waals surface area (Å²) in [7, 11) is 2.04. The van der Waals surface area contributed by atoms with Crippen LogP contribution in [0.1, 0.15) is 26.2 Å². The summed E-state index contributed by atoms with van der Waals surface area (Å²) in [5.41, 5.74) is 1.38. The summed E-state index contributed by atoms with van der Waals surface area (Å²) in [6, 6.07) is 0. The molecule has 1 nitrogen and oxygen atoms in total. The summed E-state index contributed by atoms with van der Waals surface area (Å²) in [5.74, 6) is 1.72. The molecule has 1 heteroatoms. The third kappa shape index (κ3) is 2.33. The summed E-state index contributed by atoms with van der Waals surface area (Å²) in [6.45, 7) is 7.35. The maximum absolute atomic E-state index is 4.01. The van der Waals surface area contributed by atoms with E-state index in [1.54, 1.807) is 0 Å². The minimum absolute atomic E-state index is 0.813. The van der Waals surface area contributed by atoms with Gasteiger partial charge in [0.25, 0.3) is 0 Å². The standard InChI is InChI=1S/C10H19N/c1-8(2)10-5-4-9(6-10)7-11-3/h9-11H,1,4-7H2,2-3H3. The zero-order chi connectivity index (χ0) is 8.27. The zero-order valence-electron chi connectivity index (χ0n) is 7.69. The van der Waals surface area contributed by atoms with Gasteiger partial charge in [0.1, 0.15) is 0 Å². The zero-order valence-corrected chi connectivity index (χ0v) is 7.69. The number of nitrogens with one attached hydrogen (secondary N) is 1. The van der Waals surface area contributed by atoms with Crippen LogP contribution in [-0.2, 0) is 0 Å². The van der Waals surface area contributed by atoms with E-state index in [1.807, 2.05) is 7.05 Å². The van der Waals surface area contributed by atoms with E-state index < -0.39 is 0 Å². The molecule has 2 atom stereocenters. The molecule has 0 bridgehead atoms. The lowest BCUT2D eigenvalue weighted by Gasteiger charge is -2.09. The minimum atomic E-state index is 0.813. The molecule has 0 radical (unpaired) electrons. The highest BCUT2D eigenvalue weighted by atomic mass is 14.8. The second-order valence-corrected chi connectivity index (χ2v) is 3.78. The maximum Gasteiger partial charge on any atom is -0.00233 e. The summed E-state index contributed by atoms with van der Waals surface area (Å²) in [4.78, 5) is 0. The first-order valence-corrected chi connectivity index (χ1v) is 4.54. The highest BCUT2D eigenvalue weighted by Crippen LogP contribution is 2.34. The van der Waals surface area contributed by atoms with Crippen LogP contribution in [0.25, 0.3) is 0 Å². The third-order valence-electron chi connectivity index (χ3n) is 2.73. The van der Waals surface area contributed by atoms with E-state index in [0.717, 1.165) is 11.8 Å². The van der Waals surface area contributed by atoms with Gasteiger partial charge in [0.05, 0.1) is 0 Å². The minimum Gasteiger partial charge on any atom is -0.319 e. The molecular formula is C10H19N. The van der Waals surface area contributed by atoms with Gasteiger partial charge in [-0.1, -0.05) is 12.2 Å². The fourth-order valence-corrected chi connectivity index (χ4v) is 2.00. The quantitative estimate of drug-likeness (QED) is 0.613. The van der Waals surface area contributed by atoms with Crippen molar-refractivity contribution in [3.05, 3.63) is 12.2 Å². The highest BCUT2D eigenvalue weighted by molar-refractivity contribution is 4.99. The van der Waals surface area contributed by atoms with Gasteiger partial charge in [-0.15, -0.1) is 0 Å². The first-order chi connectivity index (χ1) is 5.24. The normalized spacial score (nSPS) is 30.7. The van der Waals surface area contributed by atoms with Crippen LogP contribution in [0.15, 0.2) is 12.2 Å². The van der Waals surface area contributed by atoms with E-state index >= 15 is 0 Å². The van der Waals surface area contributed by atoms with E-state index in [0.29, 0.717) is 0 Å². The van der Waals surface area contributed by atoms with Crippen molar-refractivity contribution in [2.75, 3.05) is 13.6 Å². The van der Waals surface area contributed by atoms with Crippen molar-refractivity contribution in [1.29, 1.82) is 0 Å². The first-order valence-electron chi connectivity index (χ1n) is 4.54. The largest absolute Gasteiger partial charge is 0.319 e. The Morgan fingerprint density at radius 3 is 2.73 bits per heavy atom. The molecule has 1 fully saturated rings. The van der Waals surface area contributed by atoms with Crippen molar-refractivity contribution < 1.29 is 0 Å². The molecule has 1 rings (SSSR count). The van der Waals surface area contributed by atoms with Crippen LogP contribution < -0.4 is 5.32 Å². The third-order valence-corrected chi connectivity index (χ3v) is 2.73. The van der Waals surface area contributed by atoms with Gasteiger partial charge in [-0.2, -0.15) is 0 Å². The summed E-state index contributed by atoms with van der Waals surface area (Å²) >= 11 is 0. The smallest absolute Gasteiger partial charge is 0.00233 e. The molecule has 0 aromatic rings. The van der Waals surface area contributed by atoms with Crippen molar-refractivity contribution >= 4 is 0 Å². The number of hydrogen-bond donors (Lipinski definition) is 1. The molecule has 1 saturated carbocycles. The van der Waals surface area contributed by atoms with Crippen LogP contribution in [0.5, 0.6) is 0 Å². The predicted octanol–water partition coefficient (Wildman–Crippen LogP) is 2.20. The Labute approximate surface area is 69.9 Å². The summed E-state index contributed by atoms with van der Waals surface area (Å²) in [5, 5.41) is 3.24. The van der Waals surface area contributed by atoms with Crippen molar-refractivity contribution in [3.8, 4) is 0 Å². The first kappa shape index (κ1) is 8.79. The molecular weight excluding hydrogens is 134 g/mol. The molecule has 1 N–H and O–H groups in total. The lowest BCUT2D eigenvalue weighted by molar-refractivity contribution is 0.498. The number of hydrogen-bond acceptors (Lipinski definition) is 1. The van der Waals surface area contributed by atoms with Gasteiger partial charge >= 0.3 is 0 Å². The molecule has 11 heavy (non-hydrogen) atoms. The van der Waals surface area contributed by atoms with Crippen LogP contribution in [0, 0.1) is 11.8 Å². The van der Waals surface area contributed by atoms with Gasteiger partial charge in [-0.25, -0.2) is 0 Å². The predicted molar refractivity (Wildman–Crippen MR) is 49.6 cm³/mol. The Balaban J connectivity index is 2.29. The molecule has 2 unspecified atom stereocenters. The van der Waals surface area contributed by atoms with Crippen LogP contribution in [0.4, 0.5) is 0 Å². The molecule has 1 aliphatic carbocycles. The molecule has 1 aliphatic rings. The molecule has 0 aliphatic heterocycles. The van der Waals surface area contributed by atoms with Crippen molar-refractivity contribution in [2.45, 2.75) is 26.2 Å². The van der Waals surface area contributed by atoms with Crippen molar-refractivity contribution in [1.82, 2.24) is 5.32 Å². The van der Waals surface area contributed by atoms with Crippen LogP contribution in [0.3, 0.4) is 0 Å². The van der Waals surface area contributed by atoms with E-state index in [2.05, 4.69) is 18.8 Å². The Bertz CT molecular complexity index is 140. The van der Waals surface area contributed by atoms with Gasteiger partial charge in [0.15, 0.2) is 0 Å². The SMILES string of the molecule is C=C(C)C1CCC(CNC)C1. The van der Waals surface area contributed by atoms with E-state index in [4.69, 9.17) is 0 Å². The van der Waals surface area contributed by atoms with Crippen LogP contribution >= 0.6 is 0 Å². The van der Waals surface area contributed by atoms with Gasteiger partial charge < -0.3 is 5.32 Å². The molecule has 64 valence electrons. The number of allylic oxidation sites excluding steroid dienone is 1. The Kier molecular flexibility index (Phi) is 3.13. The Hall–Kier alpha value is -0.300. The van der Waals surface area contributed by atoms with Gasteiger partial charge in [-0.05, 0) is 51.6 Å². The monoisotopic (exact) mass is 153 g/mol. The lowest BCUT2D eigenvalue weighted by atomic mass is 9.99. The fraction of sp³-hybridized carbons (Fsp3) is 0.800. The van der Waals surface area contributed by atoms with E-state index in [-0.39, 0.29) is 0 Å². The molecule has 0 heterocycles. The van der Waals surface area contributed by atoms with Crippen LogP contribution in [-0.4, -0.2) is 13.6 Å². The maximum atomic E-state index is 4.01. The Morgan fingerprint density at radius 1 is 1.55 bits per heavy atom. The van der Waals surface area contributed by atoms with Gasteiger partial charge in [-0.3, -0.25) is 0 Å². The molecule has 0 spiro atoms. The van der Waals surface area contributed by atoms with Crippen molar-refractivity contribution in [3.63, 3.8) is 0 Å². The summed E-state index contributed by atoms with van der Waals surface area (Å²) in [6.07, 6.45) is 4.11. The summed E-state index contributed by atoms with van der Waals surface area (Å²) < 4.78 is 0. The van der Waals surface area contributed by atoms with E-state index in [1.165, 1.54) is 31.4 Å².